The third-order valence-electron chi connectivity index (χ3n) is 7.14. The molecule has 2 aliphatic rings. The summed E-state index contributed by atoms with van der Waals surface area (Å²) in [7, 11) is 2.73. The minimum Gasteiger partial charge on any atom is -0.494 e. The molecule has 5 rings (SSSR count). The third-order valence-corrected chi connectivity index (χ3v) is 7.45. The van der Waals surface area contributed by atoms with E-state index in [2.05, 4.69) is 15.6 Å². The van der Waals surface area contributed by atoms with Crippen molar-refractivity contribution in [3.63, 3.8) is 0 Å². The monoisotopic (exact) mass is 572 g/mol. The van der Waals surface area contributed by atoms with Crippen molar-refractivity contribution in [1.82, 2.24) is 24.7 Å². The van der Waals surface area contributed by atoms with E-state index in [1.54, 1.807) is 4.90 Å². The maximum atomic E-state index is 14.6. The lowest BCUT2D eigenvalue weighted by Gasteiger charge is -2.41. The maximum Gasteiger partial charge on any atom is 0.291 e. The lowest BCUT2D eigenvalue weighted by molar-refractivity contribution is -0.140. The molecule has 0 spiro atoms. The number of aromatic nitrogens is 2. The predicted octanol–water partition coefficient (Wildman–Crippen LogP) is 2.78. The number of ether oxygens (including phenoxy) is 1. The van der Waals surface area contributed by atoms with Crippen LogP contribution in [0.25, 0.3) is 11.3 Å². The van der Waals surface area contributed by atoms with Crippen molar-refractivity contribution >= 4 is 35.0 Å². The smallest absolute Gasteiger partial charge is 0.291 e. The zero-order valence-corrected chi connectivity index (χ0v) is 22.6. The third kappa shape index (κ3) is 5.11. The van der Waals surface area contributed by atoms with Crippen molar-refractivity contribution < 1.29 is 27.9 Å². The number of hydrogen-bond acceptors (Lipinski definition) is 6. The first-order valence-corrected chi connectivity index (χ1v) is 13.0. The van der Waals surface area contributed by atoms with Gasteiger partial charge in [0.1, 0.15) is 0 Å². The zero-order chi connectivity index (χ0) is 28.6. The van der Waals surface area contributed by atoms with Crippen molar-refractivity contribution in [1.29, 1.82) is 0 Å². The van der Waals surface area contributed by atoms with Gasteiger partial charge in [-0.25, -0.2) is 9.37 Å². The molecule has 1 aromatic heterocycles. The van der Waals surface area contributed by atoms with Crippen LogP contribution in [0.5, 0.6) is 5.75 Å². The number of halogens is 3. The molecule has 0 atom stereocenters. The molecule has 0 unspecified atom stereocenters. The van der Waals surface area contributed by atoms with E-state index < -0.39 is 17.5 Å². The van der Waals surface area contributed by atoms with E-state index in [1.807, 2.05) is 4.90 Å². The molecular formula is C27H27ClF2N6O4. The van der Waals surface area contributed by atoms with Crippen molar-refractivity contribution in [3.8, 4) is 17.0 Å². The number of amides is 3. The van der Waals surface area contributed by atoms with E-state index in [0.29, 0.717) is 31.9 Å². The van der Waals surface area contributed by atoms with Crippen molar-refractivity contribution in [2.24, 2.45) is 13.0 Å². The number of hydrogen-bond donors (Lipinski definition) is 2. The number of anilines is 1. The van der Waals surface area contributed by atoms with Crippen LogP contribution in [0.3, 0.4) is 0 Å². The molecule has 0 bridgehead atoms. The molecule has 210 valence electrons. The topological polar surface area (TPSA) is 109 Å². The van der Waals surface area contributed by atoms with Gasteiger partial charge in [-0.15, -0.1) is 0 Å². The lowest BCUT2D eigenvalue weighted by Crippen LogP contribution is -2.58. The first kappa shape index (κ1) is 27.5. The average Bonchev–Trinajstić information content (AvgIpc) is 3.30. The SMILES string of the molecule is COc1ccc(-c2cnc(C(=O)Nc3ccc(C(=O)N4CC(C(=O)N5CCNCC5)C4)c(Cl)c3)n2C)c(F)c1F. The van der Waals surface area contributed by atoms with Gasteiger partial charge in [0.2, 0.25) is 11.7 Å². The number of likely N-dealkylation sites (tertiary alicyclic amines) is 1. The van der Waals surface area contributed by atoms with E-state index in [1.165, 1.54) is 55.3 Å². The van der Waals surface area contributed by atoms with Gasteiger partial charge in [0.25, 0.3) is 11.8 Å². The van der Waals surface area contributed by atoms with Gasteiger partial charge in [-0.1, -0.05) is 11.6 Å². The van der Waals surface area contributed by atoms with Gasteiger partial charge in [-0.2, -0.15) is 4.39 Å². The molecule has 0 radical (unpaired) electrons. The molecule has 3 amide bonds. The molecule has 2 fully saturated rings. The maximum absolute atomic E-state index is 14.6. The second kappa shape index (κ2) is 11.2. The number of rotatable bonds is 6. The van der Waals surface area contributed by atoms with Crippen LogP contribution >= 0.6 is 11.6 Å². The van der Waals surface area contributed by atoms with Crippen LogP contribution < -0.4 is 15.4 Å². The molecule has 2 aliphatic heterocycles. The van der Waals surface area contributed by atoms with Crippen LogP contribution in [-0.4, -0.2) is 83.5 Å². The molecule has 0 aliphatic carbocycles. The van der Waals surface area contributed by atoms with Crippen LogP contribution in [0.4, 0.5) is 14.5 Å². The van der Waals surface area contributed by atoms with Gasteiger partial charge in [0, 0.05) is 57.6 Å². The number of nitrogens with zero attached hydrogens (tertiary/aromatic N) is 4. The minimum atomic E-state index is -1.14. The van der Waals surface area contributed by atoms with Crippen molar-refractivity contribution in [2.45, 2.75) is 0 Å². The molecule has 2 N–H and O–H groups in total. The summed E-state index contributed by atoms with van der Waals surface area (Å²) in [4.78, 5) is 46.0. The summed E-state index contributed by atoms with van der Waals surface area (Å²) in [5.41, 5.74) is 0.671. The number of carbonyl (C=O) groups is 3. The summed E-state index contributed by atoms with van der Waals surface area (Å²) in [6.45, 7) is 3.52. The minimum absolute atomic E-state index is 0.0531. The predicted molar refractivity (Wildman–Crippen MR) is 143 cm³/mol. The second-order valence-corrected chi connectivity index (χ2v) is 10.0. The van der Waals surface area contributed by atoms with E-state index in [4.69, 9.17) is 16.3 Å². The fraction of sp³-hybridized carbons (Fsp3) is 0.333. The van der Waals surface area contributed by atoms with Gasteiger partial charge in [0.05, 0.1) is 35.5 Å². The standard InChI is InChI=1S/C27H27ClF2N6O4/c1-34-20(18-5-6-21(40-2)23(30)22(18)29)12-32-24(34)25(37)33-16-3-4-17(19(28)11-16)27(39)36-13-15(14-36)26(38)35-9-7-31-8-10-35/h3-6,11-12,15,31H,7-10,13-14H2,1-2H3,(H,33,37). The normalized spacial score (nSPS) is 15.5. The Balaban J connectivity index is 1.23. The fourth-order valence-corrected chi connectivity index (χ4v) is 5.09. The Kier molecular flexibility index (Phi) is 7.72. The molecule has 3 heterocycles. The number of carbonyl (C=O) groups excluding carboxylic acids is 3. The summed E-state index contributed by atoms with van der Waals surface area (Å²) in [5, 5.41) is 6.00. The zero-order valence-electron chi connectivity index (χ0n) is 21.8. The molecule has 0 saturated carbocycles. The van der Waals surface area contributed by atoms with Crippen molar-refractivity contribution in [3.05, 3.63) is 64.6 Å². The van der Waals surface area contributed by atoms with Crippen LogP contribution in [0.1, 0.15) is 21.0 Å². The number of piperazine rings is 1. The van der Waals surface area contributed by atoms with Gasteiger partial charge < -0.3 is 29.7 Å². The number of nitrogens with one attached hydrogen (secondary N) is 2. The van der Waals surface area contributed by atoms with Gasteiger partial charge in [-0.3, -0.25) is 14.4 Å². The van der Waals surface area contributed by atoms with Gasteiger partial charge >= 0.3 is 0 Å². The Bertz CT molecular complexity index is 1480. The van der Waals surface area contributed by atoms with Crippen LogP contribution in [0.2, 0.25) is 5.02 Å². The highest BCUT2D eigenvalue weighted by atomic mass is 35.5. The molecule has 13 heteroatoms. The fourth-order valence-electron chi connectivity index (χ4n) is 4.83. The Morgan fingerprint density at radius 1 is 1.07 bits per heavy atom. The largest absolute Gasteiger partial charge is 0.494 e. The molecular weight excluding hydrogens is 546 g/mol. The van der Waals surface area contributed by atoms with Gasteiger partial charge in [0.15, 0.2) is 17.4 Å². The molecule has 40 heavy (non-hydrogen) atoms. The average molecular weight is 573 g/mol. The molecule has 3 aromatic rings. The first-order valence-electron chi connectivity index (χ1n) is 12.6. The first-order chi connectivity index (χ1) is 19.2. The van der Waals surface area contributed by atoms with Gasteiger partial charge in [-0.05, 0) is 30.3 Å². The Labute approximate surface area is 233 Å². The summed E-state index contributed by atoms with van der Waals surface area (Å²) >= 11 is 6.38. The van der Waals surface area contributed by atoms with Crippen LogP contribution in [0, 0.1) is 17.6 Å². The van der Waals surface area contributed by atoms with Crippen LogP contribution in [-0.2, 0) is 11.8 Å². The molecule has 10 nitrogen and oxygen atoms in total. The summed E-state index contributed by atoms with van der Waals surface area (Å²) in [6.07, 6.45) is 1.27. The Morgan fingerprint density at radius 3 is 2.48 bits per heavy atom. The quantitative estimate of drug-likeness (QED) is 0.470. The Morgan fingerprint density at radius 2 is 1.80 bits per heavy atom. The number of imidazole rings is 1. The molecule has 2 aromatic carbocycles. The van der Waals surface area contributed by atoms with E-state index in [0.717, 1.165) is 13.1 Å². The van der Waals surface area contributed by atoms with Crippen LogP contribution in [0.15, 0.2) is 36.5 Å². The van der Waals surface area contributed by atoms with Crippen molar-refractivity contribution in [2.75, 3.05) is 51.7 Å². The Hall–Kier alpha value is -4.03. The number of methoxy groups -OCH3 is 1. The summed E-state index contributed by atoms with van der Waals surface area (Å²) in [5.74, 6) is -3.62. The molecule has 2 saturated heterocycles. The highest BCUT2D eigenvalue weighted by Crippen LogP contribution is 2.31. The summed E-state index contributed by atoms with van der Waals surface area (Å²) < 4.78 is 34.9. The number of benzene rings is 2. The highest BCUT2D eigenvalue weighted by molar-refractivity contribution is 6.34. The van der Waals surface area contributed by atoms with E-state index in [9.17, 15) is 23.2 Å². The summed E-state index contributed by atoms with van der Waals surface area (Å²) in [6, 6.07) is 7.11. The second-order valence-electron chi connectivity index (χ2n) is 9.60. The lowest BCUT2D eigenvalue weighted by atomic mass is 9.96. The van der Waals surface area contributed by atoms with E-state index in [-0.39, 0.29) is 51.1 Å². The highest BCUT2D eigenvalue weighted by Gasteiger charge is 2.38. The van der Waals surface area contributed by atoms with E-state index >= 15 is 0 Å².